The van der Waals surface area contributed by atoms with Gasteiger partial charge in [0.2, 0.25) is 0 Å². The van der Waals surface area contributed by atoms with E-state index >= 15 is 0 Å². The average Bonchev–Trinajstić information content (AvgIpc) is 3.64. The maximum Gasteiger partial charge on any atom is 0.161 e. The molecule has 4 atom stereocenters. The molecule has 4 aromatic rings. The van der Waals surface area contributed by atoms with E-state index in [2.05, 4.69) is 34.6 Å². The van der Waals surface area contributed by atoms with Crippen LogP contribution >= 0.6 is 0 Å². The van der Waals surface area contributed by atoms with Gasteiger partial charge in [0.25, 0.3) is 0 Å². The van der Waals surface area contributed by atoms with Gasteiger partial charge in [0, 0.05) is 29.7 Å². The second-order valence-corrected chi connectivity index (χ2v) is 14.2. The van der Waals surface area contributed by atoms with E-state index in [1.165, 1.54) is 12.7 Å². The third-order valence-corrected chi connectivity index (χ3v) is 11.0. The Hall–Kier alpha value is -4.61. The number of nitrogens with one attached hydrogen (secondary N) is 1. The molecule has 52 heavy (non-hydrogen) atoms. The third kappa shape index (κ3) is 6.17. The van der Waals surface area contributed by atoms with Crippen LogP contribution in [0.3, 0.4) is 0 Å². The highest BCUT2D eigenvalue weighted by atomic mass is 16.6. The lowest BCUT2D eigenvalue weighted by Crippen LogP contribution is -2.37. The number of aromatic hydroxyl groups is 2. The Labute approximate surface area is 303 Å². The highest BCUT2D eigenvalue weighted by Gasteiger charge is 2.42. The van der Waals surface area contributed by atoms with Gasteiger partial charge in [0.1, 0.15) is 29.5 Å². The van der Waals surface area contributed by atoms with Crippen molar-refractivity contribution in [1.29, 1.82) is 0 Å². The molecule has 3 aliphatic heterocycles. The van der Waals surface area contributed by atoms with E-state index in [9.17, 15) is 20.4 Å². The van der Waals surface area contributed by atoms with Gasteiger partial charge in [-0.25, -0.2) is 0 Å². The third-order valence-electron chi connectivity index (χ3n) is 11.0. The predicted molar refractivity (Wildman–Crippen MR) is 196 cm³/mol. The fourth-order valence-electron chi connectivity index (χ4n) is 8.56. The van der Waals surface area contributed by atoms with Crippen LogP contribution in [-0.2, 0) is 36.8 Å². The Bertz CT molecular complexity index is 2130. The molecule has 0 saturated heterocycles. The first kappa shape index (κ1) is 34.5. The molecule has 8 rings (SSSR count). The number of aliphatic hydroxyl groups excluding tert-OH is 2. The van der Waals surface area contributed by atoms with Gasteiger partial charge in [-0.3, -0.25) is 10.3 Å². The fourth-order valence-corrected chi connectivity index (χ4v) is 8.56. The van der Waals surface area contributed by atoms with Crippen LogP contribution in [0.1, 0.15) is 63.8 Å². The van der Waals surface area contributed by atoms with Gasteiger partial charge >= 0.3 is 0 Å². The van der Waals surface area contributed by atoms with Crippen LogP contribution in [0.15, 0.2) is 53.5 Å². The molecule has 10 heteroatoms. The van der Waals surface area contributed by atoms with Crippen molar-refractivity contribution in [3.05, 3.63) is 98.1 Å². The minimum Gasteiger partial charge on any atom is -0.508 e. The average molecular weight is 707 g/mol. The summed E-state index contributed by atoms with van der Waals surface area (Å²) in [6.07, 6.45) is 5.23. The lowest BCUT2D eigenvalue weighted by atomic mass is 9.72. The topological polar surface area (TPSA) is 142 Å². The standard InChI is InChI=1S/C42H46N2O8/c1-43-22-50-37-20-34-33-17-26(15-23-5-10-35-24(14-23)11-12-44-35)32-19-28(47)6-8-30(32)38(33)42-31(9-7-29(21-46)51-42)41(34)52-40(37)27-16-25(4-3-13-45)39(48)36(18-27)49-2/h5-6,8,10-11,14,16,18-19,26,29,37,40,43,45-48H,3-4,7,9,12-13,15,17,20-22H2,1-2H3/t26-,29+,37+,40+/m0/s1. The highest BCUT2D eigenvalue weighted by Crippen LogP contribution is 2.56. The number of hydrogen-bond acceptors (Lipinski definition) is 10. The Morgan fingerprint density at radius 1 is 0.962 bits per heavy atom. The van der Waals surface area contributed by atoms with Crippen LogP contribution in [-0.4, -0.2) is 73.3 Å². The number of aliphatic hydroxyl groups is 2. The molecule has 272 valence electrons. The highest BCUT2D eigenvalue weighted by molar-refractivity contribution is 5.85. The molecule has 0 bridgehead atoms. The number of benzene rings is 4. The Morgan fingerprint density at radius 2 is 1.85 bits per heavy atom. The van der Waals surface area contributed by atoms with Gasteiger partial charge < -0.3 is 39.4 Å². The Morgan fingerprint density at radius 3 is 2.65 bits per heavy atom. The molecule has 10 nitrogen and oxygen atoms in total. The molecule has 0 fully saturated rings. The first-order chi connectivity index (χ1) is 25.4. The van der Waals surface area contributed by atoms with Crippen LogP contribution in [0.5, 0.6) is 28.7 Å². The molecule has 0 radical (unpaired) electrons. The number of phenols is 2. The molecule has 3 heterocycles. The van der Waals surface area contributed by atoms with Gasteiger partial charge in [-0.05, 0) is 126 Å². The Balaban J connectivity index is 1.29. The van der Waals surface area contributed by atoms with Crippen LogP contribution in [0.2, 0.25) is 0 Å². The number of hydrogen-bond donors (Lipinski definition) is 5. The molecule has 0 spiro atoms. The smallest absolute Gasteiger partial charge is 0.161 e. The quantitative estimate of drug-likeness (QED) is 0.147. The minimum atomic E-state index is -0.530. The van der Waals surface area contributed by atoms with Gasteiger partial charge in [-0.1, -0.05) is 18.2 Å². The maximum atomic E-state index is 11.0. The molecule has 0 aromatic heterocycles. The van der Waals surface area contributed by atoms with Crippen molar-refractivity contribution in [1.82, 2.24) is 5.32 Å². The molecular weight excluding hydrogens is 660 g/mol. The number of nitrogens with zero attached hydrogens (tertiary/aromatic N) is 1. The van der Waals surface area contributed by atoms with E-state index in [1.54, 1.807) is 6.07 Å². The van der Waals surface area contributed by atoms with E-state index in [4.69, 9.17) is 18.9 Å². The monoisotopic (exact) mass is 706 g/mol. The second kappa shape index (κ2) is 14.4. The predicted octanol–water partition coefficient (Wildman–Crippen LogP) is 3.92. The van der Waals surface area contributed by atoms with Crippen molar-refractivity contribution in [2.45, 2.75) is 69.2 Å². The van der Waals surface area contributed by atoms with Crippen LogP contribution in [0.4, 0.5) is 0 Å². The van der Waals surface area contributed by atoms with E-state index in [-0.39, 0.29) is 42.8 Å². The zero-order chi connectivity index (χ0) is 35.9. The summed E-state index contributed by atoms with van der Waals surface area (Å²) in [5, 5.41) is 46.9. The van der Waals surface area contributed by atoms with E-state index in [1.807, 2.05) is 31.3 Å². The van der Waals surface area contributed by atoms with Crippen LogP contribution < -0.4 is 30.1 Å². The SMILES string of the molecule is CNCO[C@@H]1Cc2c3c(c4c(c2O[C@@H]1c1cc(CCCO)c(O)c(OC)c1)CC[C@H](CO)O4)-c1ccc(O)cc1[C@@H](Cc1ccc2c(c1)=CCN=2)C3. The number of rotatable bonds is 11. The van der Waals surface area contributed by atoms with E-state index < -0.39 is 6.10 Å². The normalized spacial score (nSPS) is 20.9. The van der Waals surface area contributed by atoms with Crippen LogP contribution in [0.25, 0.3) is 17.2 Å². The number of methoxy groups -OCH3 is 1. The number of fused-ring (bicyclic) bond motifs is 9. The Kier molecular flexibility index (Phi) is 9.57. The van der Waals surface area contributed by atoms with E-state index in [0.29, 0.717) is 63.1 Å². The lowest BCUT2D eigenvalue weighted by molar-refractivity contribution is -0.0436. The molecular formula is C42H46N2O8. The summed E-state index contributed by atoms with van der Waals surface area (Å²) >= 11 is 0. The van der Waals surface area contributed by atoms with Crippen molar-refractivity contribution >= 4 is 6.08 Å². The van der Waals surface area contributed by atoms with E-state index in [0.717, 1.165) is 67.4 Å². The zero-order valence-electron chi connectivity index (χ0n) is 29.7. The summed E-state index contributed by atoms with van der Waals surface area (Å²) in [5.41, 5.74) is 9.00. The zero-order valence-corrected chi connectivity index (χ0v) is 29.7. The molecule has 4 aliphatic rings. The fraction of sp³-hybridized carbons (Fsp3) is 0.405. The maximum absolute atomic E-state index is 11.0. The number of ether oxygens (including phenoxy) is 4. The molecule has 0 unspecified atom stereocenters. The van der Waals surface area contributed by atoms with Crippen molar-refractivity contribution in [3.8, 4) is 39.9 Å². The first-order valence-electron chi connectivity index (χ1n) is 18.3. The van der Waals surface area contributed by atoms with Gasteiger partial charge in [0.15, 0.2) is 17.6 Å². The first-order valence-corrected chi connectivity index (χ1v) is 18.3. The molecule has 5 N–H and O–H groups in total. The minimum absolute atomic E-state index is 0.00371. The van der Waals surface area contributed by atoms with Crippen molar-refractivity contribution in [2.24, 2.45) is 4.99 Å². The lowest BCUT2D eigenvalue weighted by Gasteiger charge is -2.41. The van der Waals surface area contributed by atoms with Gasteiger partial charge in [-0.15, -0.1) is 0 Å². The second-order valence-electron chi connectivity index (χ2n) is 14.2. The van der Waals surface area contributed by atoms with Crippen LogP contribution in [0, 0.1) is 0 Å². The largest absolute Gasteiger partial charge is 0.508 e. The molecule has 1 aliphatic carbocycles. The summed E-state index contributed by atoms with van der Waals surface area (Å²) in [5.74, 6) is 2.22. The molecule has 0 saturated carbocycles. The summed E-state index contributed by atoms with van der Waals surface area (Å²) < 4.78 is 25.9. The van der Waals surface area contributed by atoms with Gasteiger partial charge in [0.05, 0.1) is 32.3 Å². The summed E-state index contributed by atoms with van der Waals surface area (Å²) in [4.78, 5) is 4.57. The summed E-state index contributed by atoms with van der Waals surface area (Å²) in [6, 6.07) is 15.9. The van der Waals surface area contributed by atoms with Crippen molar-refractivity contribution in [2.75, 3.05) is 40.6 Å². The van der Waals surface area contributed by atoms with Crippen molar-refractivity contribution < 1.29 is 39.4 Å². The van der Waals surface area contributed by atoms with Crippen molar-refractivity contribution in [3.63, 3.8) is 0 Å². The molecule has 0 amide bonds. The van der Waals surface area contributed by atoms with Gasteiger partial charge in [-0.2, -0.15) is 0 Å². The summed E-state index contributed by atoms with van der Waals surface area (Å²) in [7, 11) is 3.38. The summed E-state index contributed by atoms with van der Waals surface area (Å²) in [6.45, 7) is 0.930. The number of aryl methyl sites for hydroxylation is 1. The molecule has 4 aromatic carbocycles. The number of phenolic OH excluding ortho intramolecular Hbond substituents is 2.